The van der Waals surface area contributed by atoms with E-state index in [0.29, 0.717) is 11.5 Å². The minimum absolute atomic E-state index is 0. The van der Waals surface area contributed by atoms with Crippen molar-refractivity contribution in [2.24, 2.45) is 0 Å². The van der Waals surface area contributed by atoms with E-state index in [2.05, 4.69) is 187 Å². The number of benzene rings is 7. The number of ether oxygens (including phenoxy) is 1. The van der Waals surface area contributed by atoms with E-state index in [-0.39, 0.29) is 26.5 Å². The first kappa shape index (κ1) is 36.0. The molecule has 0 bridgehead atoms. The molecule has 0 radical (unpaired) electrons. The third-order valence-electron chi connectivity index (χ3n) is 11.6. The smallest absolute Gasteiger partial charge is 0.135 e. The topological polar surface area (TPSA) is 33.5 Å². The second-order valence-electron chi connectivity index (χ2n) is 15.4. The Balaban J connectivity index is 0.00000408. The number of anilines is 4. The monoisotopic (exact) mass is 928 g/mol. The zero-order chi connectivity index (χ0) is 38.3. The van der Waals surface area contributed by atoms with Crippen LogP contribution in [-0.4, -0.2) is 9.55 Å². The van der Waals surface area contributed by atoms with Crippen LogP contribution in [-0.2, 0) is 26.5 Å². The van der Waals surface area contributed by atoms with Gasteiger partial charge in [-0.2, -0.15) is 12.1 Å². The molecule has 0 amide bonds. The van der Waals surface area contributed by atoms with Crippen molar-refractivity contribution in [2.45, 2.75) is 26.2 Å². The van der Waals surface area contributed by atoms with E-state index >= 15 is 0 Å². The van der Waals surface area contributed by atoms with Crippen LogP contribution in [0.15, 0.2) is 164 Å². The van der Waals surface area contributed by atoms with Gasteiger partial charge in [-0.05, 0) is 70.5 Å². The summed E-state index contributed by atoms with van der Waals surface area (Å²) >= 11 is 0. The number of para-hydroxylation sites is 3. The molecular formula is C52H37N4OPt-3. The molecule has 11 rings (SSSR count). The van der Waals surface area contributed by atoms with Gasteiger partial charge in [0.25, 0.3) is 0 Å². The van der Waals surface area contributed by atoms with Gasteiger partial charge in [0, 0.05) is 77.9 Å². The van der Waals surface area contributed by atoms with E-state index in [9.17, 15) is 0 Å². The normalized spacial score (nSPS) is 13.6. The number of rotatable bonds is 6. The van der Waals surface area contributed by atoms with E-state index in [1.165, 1.54) is 39.1 Å². The second-order valence-corrected chi connectivity index (χ2v) is 15.4. The molecule has 0 fully saturated rings. The van der Waals surface area contributed by atoms with E-state index in [4.69, 9.17) is 9.72 Å². The molecule has 0 atom stereocenters. The molecule has 58 heavy (non-hydrogen) atoms. The summed E-state index contributed by atoms with van der Waals surface area (Å²) in [4.78, 5) is 9.33. The fourth-order valence-corrected chi connectivity index (χ4v) is 8.93. The predicted octanol–water partition coefficient (Wildman–Crippen LogP) is 13.3. The summed E-state index contributed by atoms with van der Waals surface area (Å²) in [7, 11) is 0. The van der Waals surface area contributed by atoms with Gasteiger partial charge in [0.15, 0.2) is 0 Å². The van der Waals surface area contributed by atoms with Crippen LogP contribution in [0.1, 0.15) is 30.5 Å². The average molecular weight is 929 g/mol. The van der Waals surface area contributed by atoms with Crippen molar-refractivity contribution in [2.75, 3.05) is 9.80 Å². The third-order valence-corrected chi connectivity index (χ3v) is 11.6. The molecule has 1 aliphatic heterocycles. The maximum atomic E-state index is 6.60. The van der Waals surface area contributed by atoms with Gasteiger partial charge in [-0.15, -0.1) is 48.1 Å². The van der Waals surface area contributed by atoms with Gasteiger partial charge in [0.2, 0.25) is 0 Å². The third kappa shape index (κ3) is 5.60. The molecule has 6 heteroatoms. The SMILES string of the molecule is Cc1ccnc(-n2c3[c-]c(Oc4[c-]c(N5[CH-]N(c6c(-c7ccccc7)ccc7c6-c6ccccc6C7(C)C)c6ccccc65)ccc4)ccc3c3ccccc32)c1.[Pt]. The van der Waals surface area contributed by atoms with Crippen LogP contribution in [0.2, 0.25) is 0 Å². The van der Waals surface area contributed by atoms with Crippen molar-refractivity contribution >= 4 is 44.6 Å². The number of hydrogen-bond acceptors (Lipinski definition) is 4. The van der Waals surface area contributed by atoms with E-state index in [1.807, 2.05) is 30.5 Å². The fourth-order valence-electron chi connectivity index (χ4n) is 8.93. The minimum atomic E-state index is -0.140. The number of nitrogens with zero attached hydrogens (tertiary/aromatic N) is 4. The Labute approximate surface area is 353 Å². The van der Waals surface area contributed by atoms with Gasteiger partial charge in [0.1, 0.15) is 5.82 Å². The Bertz CT molecular complexity index is 3040. The van der Waals surface area contributed by atoms with Gasteiger partial charge >= 0.3 is 0 Å². The molecule has 7 aromatic carbocycles. The summed E-state index contributed by atoms with van der Waals surface area (Å²) in [5.74, 6) is 2.06. The Morgan fingerprint density at radius 2 is 1.36 bits per heavy atom. The Hall–Kier alpha value is -6.42. The maximum Gasteiger partial charge on any atom is 0.135 e. The van der Waals surface area contributed by atoms with Crippen LogP contribution in [0, 0.1) is 25.7 Å². The zero-order valence-corrected chi connectivity index (χ0v) is 34.5. The molecule has 1 aliphatic carbocycles. The van der Waals surface area contributed by atoms with Gasteiger partial charge in [-0.1, -0.05) is 116 Å². The van der Waals surface area contributed by atoms with Gasteiger partial charge < -0.3 is 19.1 Å². The molecule has 2 aliphatic rings. The first-order valence-corrected chi connectivity index (χ1v) is 19.4. The van der Waals surface area contributed by atoms with Crippen molar-refractivity contribution in [3.05, 3.63) is 199 Å². The maximum absolute atomic E-state index is 6.60. The van der Waals surface area contributed by atoms with Crippen molar-refractivity contribution < 1.29 is 25.8 Å². The zero-order valence-electron chi connectivity index (χ0n) is 32.2. The molecular weight excluding hydrogens is 892 g/mol. The first-order valence-electron chi connectivity index (χ1n) is 19.4. The van der Waals surface area contributed by atoms with Crippen molar-refractivity contribution in [1.29, 1.82) is 0 Å². The largest absolute Gasteiger partial charge is 0.509 e. The molecule has 9 aromatic rings. The number of aryl methyl sites for hydroxylation is 1. The molecule has 2 aromatic heterocycles. The number of hydrogen-bond donors (Lipinski definition) is 0. The summed E-state index contributed by atoms with van der Waals surface area (Å²) in [6.45, 7) is 8.98. The number of pyridine rings is 1. The van der Waals surface area contributed by atoms with Crippen LogP contribution in [0.4, 0.5) is 22.7 Å². The van der Waals surface area contributed by atoms with E-state index in [0.717, 1.165) is 50.2 Å². The average Bonchev–Trinajstić information content (AvgIpc) is 3.87. The van der Waals surface area contributed by atoms with Crippen LogP contribution in [0.5, 0.6) is 11.5 Å². The van der Waals surface area contributed by atoms with E-state index < -0.39 is 0 Å². The van der Waals surface area contributed by atoms with Gasteiger partial charge in [0.05, 0.1) is 0 Å². The second kappa shape index (κ2) is 13.9. The molecule has 284 valence electrons. The summed E-state index contributed by atoms with van der Waals surface area (Å²) < 4.78 is 8.76. The van der Waals surface area contributed by atoms with Crippen LogP contribution in [0.3, 0.4) is 0 Å². The summed E-state index contributed by atoms with van der Waals surface area (Å²) in [6.07, 6.45) is 1.86. The summed E-state index contributed by atoms with van der Waals surface area (Å²) in [5.41, 5.74) is 14.8. The minimum Gasteiger partial charge on any atom is -0.509 e. The van der Waals surface area contributed by atoms with Crippen LogP contribution in [0.25, 0.3) is 49.9 Å². The van der Waals surface area contributed by atoms with Crippen LogP contribution >= 0.6 is 0 Å². The molecule has 0 saturated heterocycles. The summed E-state index contributed by atoms with van der Waals surface area (Å²) in [5, 5.41) is 2.24. The molecule has 0 N–H and O–H groups in total. The van der Waals surface area contributed by atoms with Gasteiger partial charge in [-0.3, -0.25) is 0 Å². The molecule has 0 spiro atoms. The van der Waals surface area contributed by atoms with E-state index in [1.54, 1.807) is 0 Å². The Morgan fingerprint density at radius 1 is 0.621 bits per heavy atom. The van der Waals surface area contributed by atoms with Gasteiger partial charge in [-0.25, -0.2) is 4.98 Å². The standard InChI is InChI=1S/C52H37N4O.Pt/c1-34-28-29-53-49(30-34)56-45-21-10-8-18-40(45)41-25-24-38(32-48(41)56)57-37-17-13-16-36(31-37)54-33-55(47-23-12-11-22-46(47)54)51-39(35-14-5-4-6-15-35)26-27-44-50(51)42-19-7-9-20-43(42)52(44,2)3;/h4-30,33H,1-3H3;/q-3;. The van der Waals surface area contributed by atoms with Crippen molar-refractivity contribution in [3.8, 4) is 39.6 Å². The molecule has 5 nitrogen and oxygen atoms in total. The predicted molar refractivity (Wildman–Crippen MR) is 232 cm³/mol. The first-order chi connectivity index (χ1) is 27.9. The molecule has 0 unspecified atom stereocenters. The number of aromatic nitrogens is 2. The number of fused-ring (bicyclic) bond motifs is 7. The summed E-state index contributed by atoms with van der Waals surface area (Å²) in [6, 6.07) is 62.8. The Morgan fingerprint density at radius 3 is 2.21 bits per heavy atom. The van der Waals surface area contributed by atoms with Crippen molar-refractivity contribution in [3.63, 3.8) is 0 Å². The molecule has 3 heterocycles. The molecule has 0 saturated carbocycles. The fraction of sp³-hybridized carbons (Fsp3) is 0.0769. The van der Waals surface area contributed by atoms with Crippen molar-refractivity contribution in [1.82, 2.24) is 9.55 Å². The Kier molecular flexibility index (Phi) is 8.62. The van der Waals surface area contributed by atoms with Crippen LogP contribution < -0.4 is 14.5 Å². The quantitative estimate of drug-likeness (QED) is 0.156.